The minimum atomic E-state index is -0.751. The first kappa shape index (κ1) is 7.54. The molecule has 1 fully saturated rings. The van der Waals surface area contributed by atoms with E-state index in [4.69, 9.17) is 10.2 Å². The van der Waals surface area contributed by atoms with Crippen molar-refractivity contribution in [3.05, 3.63) is 0 Å². The first-order valence-electron chi connectivity index (χ1n) is 3.58. The third-order valence-electron chi connectivity index (χ3n) is 1.98. The van der Waals surface area contributed by atoms with Crippen LogP contribution in [0.1, 0.15) is 25.7 Å². The Morgan fingerprint density at radius 2 is 2.20 bits per heavy atom. The highest BCUT2D eigenvalue weighted by atomic mass is 16.4. The highest BCUT2D eigenvalue weighted by molar-refractivity contribution is 5.67. The van der Waals surface area contributed by atoms with Gasteiger partial charge in [-0.1, -0.05) is 0 Å². The van der Waals surface area contributed by atoms with E-state index >= 15 is 0 Å². The highest BCUT2D eigenvalue weighted by Gasteiger charge is 2.24. The minimum Gasteiger partial charge on any atom is -0.481 e. The molecule has 0 amide bonds. The molecule has 0 heterocycles. The van der Waals surface area contributed by atoms with E-state index < -0.39 is 5.97 Å². The first-order chi connectivity index (χ1) is 4.68. The molecule has 0 aromatic heterocycles. The number of aliphatic hydroxyl groups is 1. The second-order valence-electron chi connectivity index (χ2n) is 2.93. The Labute approximate surface area is 59.7 Å². The van der Waals surface area contributed by atoms with Crippen LogP contribution in [0.15, 0.2) is 0 Å². The van der Waals surface area contributed by atoms with Crippen molar-refractivity contribution in [1.29, 1.82) is 0 Å². The SMILES string of the molecule is O=C(O)C[C@H]1CC[C@H](O)C1. The van der Waals surface area contributed by atoms with Gasteiger partial charge in [0.05, 0.1) is 6.10 Å². The quantitative estimate of drug-likeness (QED) is 0.597. The van der Waals surface area contributed by atoms with Crippen LogP contribution < -0.4 is 0 Å². The number of rotatable bonds is 2. The van der Waals surface area contributed by atoms with Crippen LogP contribution in [0.25, 0.3) is 0 Å². The molecule has 3 heteroatoms. The van der Waals surface area contributed by atoms with Crippen molar-refractivity contribution < 1.29 is 15.0 Å². The summed E-state index contributed by atoms with van der Waals surface area (Å²) in [6.45, 7) is 0. The van der Waals surface area contributed by atoms with Crippen molar-refractivity contribution in [2.45, 2.75) is 31.8 Å². The van der Waals surface area contributed by atoms with Gasteiger partial charge in [-0.3, -0.25) is 4.79 Å². The van der Waals surface area contributed by atoms with Gasteiger partial charge >= 0.3 is 5.97 Å². The third-order valence-corrected chi connectivity index (χ3v) is 1.98. The highest BCUT2D eigenvalue weighted by Crippen LogP contribution is 2.27. The molecule has 0 saturated heterocycles. The smallest absolute Gasteiger partial charge is 0.303 e. The number of carbonyl (C=O) groups is 1. The van der Waals surface area contributed by atoms with E-state index in [1.54, 1.807) is 0 Å². The second-order valence-corrected chi connectivity index (χ2v) is 2.93. The Morgan fingerprint density at radius 1 is 1.50 bits per heavy atom. The molecule has 1 saturated carbocycles. The molecule has 0 spiro atoms. The lowest BCUT2D eigenvalue weighted by Crippen LogP contribution is -2.05. The predicted octanol–water partition coefficient (Wildman–Crippen LogP) is 0.622. The molecule has 1 aliphatic rings. The zero-order valence-electron chi connectivity index (χ0n) is 5.79. The van der Waals surface area contributed by atoms with E-state index in [0.29, 0.717) is 6.42 Å². The molecule has 0 bridgehead atoms. The minimum absolute atomic E-state index is 0.215. The zero-order chi connectivity index (χ0) is 7.56. The average Bonchev–Trinajstić information content (AvgIpc) is 2.13. The van der Waals surface area contributed by atoms with Gasteiger partial charge in [-0.05, 0) is 25.2 Å². The number of aliphatic hydroxyl groups excluding tert-OH is 1. The van der Waals surface area contributed by atoms with Crippen LogP contribution >= 0.6 is 0 Å². The number of aliphatic carboxylic acids is 1. The topological polar surface area (TPSA) is 57.5 Å². The van der Waals surface area contributed by atoms with Crippen LogP contribution in [-0.2, 0) is 4.79 Å². The Bertz CT molecular complexity index is 133. The predicted molar refractivity (Wildman–Crippen MR) is 35.6 cm³/mol. The maximum Gasteiger partial charge on any atom is 0.303 e. The fourth-order valence-electron chi connectivity index (χ4n) is 1.48. The van der Waals surface area contributed by atoms with Gasteiger partial charge in [0, 0.05) is 6.42 Å². The largest absolute Gasteiger partial charge is 0.481 e. The standard InChI is InChI=1S/C7H12O3/c8-6-2-1-5(3-6)4-7(9)10/h5-6,8H,1-4H2,(H,9,10)/t5-,6-/m0/s1. The Hall–Kier alpha value is -0.570. The summed E-state index contributed by atoms with van der Waals surface area (Å²) in [5, 5.41) is 17.4. The Balaban J connectivity index is 2.24. The molecular weight excluding hydrogens is 132 g/mol. The lowest BCUT2D eigenvalue weighted by Gasteiger charge is -2.02. The van der Waals surface area contributed by atoms with Gasteiger partial charge in [0.1, 0.15) is 0 Å². The summed E-state index contributed by atoms with van der Waals surface area (Å²) in [5.74, 6) is -0.536. The maximum atomic E-state index is 10.2. The van der Waals surface area contributed by atoms with E-state index in [9.17, 15) is 4.79 Å². The molecule has 0 radical (unpaired) electrons. The van der Waals surface area contributed by atoms with E-state index in [2.05, 4.69) is 0 Å². The average molecular weight is 144 g/mol. The monoisotopic (exact) mass is 144 g/mol. The second kappa shape index (κ2) is 3.01. The first-order valence-corrected chi connectivity index (χ1v) is 3.58. The van der Waals surface area contributed by atoms with Crippen LogP contribution in [0.2, 0.25) is 0 Å². The van der Waals surface area contributed by atoms with E-state index in [1.807, 2.05) is 0 Å². The number of carboxylic acids is 1. The van der Waals surface area contributed by atoms with Crippen LogP contribution in [-0.4, -0.2) is 22.3 Å². The van der Waals surface area contributed by atoms with Crippen LogP contribution in [0, 0.1) is 5.92 Å². The van der Waals surface area contributed by atoms with Gasteiger partial charge in [0.25, 0.3) is 0 Å². The van der Waals surface area contributed by atoms with Gasteiger partial charge in [-0.25, -0.2) is 0 Å². The van der Waals surface area contributed by atoms with Crippen LogP contribution in [0.4, 0.5) is 0 Å². The Morgan fingerprint density at radius 3 is 2.60 bits per heavy atom. The summed E-state index contributed by atoms with van der Waals surface area (Å²) < 4.78 is 0. The molecule has 10 heavy (non-hydrogen) atoms. The molecule has 1 aliphatic carbocycles. The summed E-state index contributed by atoms with van der Waals surface area (Å²) in [6, 6.07) is 0. The molecule has 0 unspecified atom stereocenters. The van der Waals surface area contributed by atoms with Gasteiger partial charge in [0.2, 0.25) is 0 Å². The number of carboxylic acid groups (broad SMARTS) is 1. The molecular formula is C7H12O3. The fourth-order valence-corrected chi connectivity index (χ4v) is 1.48. The summed E-state index contributed by atoms with van der Waals surface area (Å²) in [5.41, 5.74) is 0. The van der Waals surface area contributed by atoms with Crippen molar-refractivity contribution in [1.82, 2.24) is 0 Å². The van der Waals surface area contributed by atoms with Crippen molar-refractivity contribution in [2.24, 2.45) is 5.92 Å². The van der Waals surface area contributed by atoms with Crippen LogP contribution in [0.5, 0.6) is 0 Å². The van der Waals surface area contributed by atoms with Crippen molar-refractivity contribution in [2.75, 3.05) is 0 Å². The Kier molecular flexibility index (Phi) is 2.27. The lowest BCUT2D eigenvalue weighted by atomic mass is 10.0. The molecule has 2 atom stereocenters. The third kappa shape index (κ3) is 1.99. The molecule has 58 valence electrons. The van der Waals surface area contributed by atoms with Crippen LogP contribution in [0.3, 0.4) is 0 Å². The number of hydrogen-bond donors (Lipinski definition) is 2. The molecule has 3 nitrogen and oxygen atoms in total. The van der Waals surface area contributed by atoms with E-state index in [1.165, 1.54) is 0 Å². The number of hydrogen-bond acceptors (Lipinski definition) is 2. The van der Waals surface area contributed by atoms with Crippen molar-refractivity contribution >= 4 is 5.97 Å². The summed E-state index contributed by atoms with van der Waals surface area (Å²) in [4.78, 5) is 10.2. The van der Waals surface area contributed by atoms with E-state index in [0.717, 1.165) is 12.8 Å². The van der Waals surface area contributed by atoms with Gasteiger partial charge < -0.3 is 10.2 Å². The normalized spacial score (nSPS) is 32.5. The van der Waals surface area contributed by atoms with Gasteiger partial charge in [0.15, 0.2) is 0 Å². The molecule has 2 N–H and O–H groups in total. The molecule has 0 aromatic rings. The zero-order valence-corrected chi connectivity index (χ0v) is 5.79. The van der Waals surface area contributed by atoms with E-state index in [-0.39, 0.29) is 18.4 Å². The molecule has 1 rings (SSSR count). The lowest BCUT2D eigenvalue weighted by molar-refractivity contribution is -0.138. The summed E-state index contributed by atoms with van der Waals surface area (Å²) >= 11 is 0. The van der Waals surface area contributed by atoms with Crippen molar-refractivity contribution in [3.8, 4) is 0 Å². The van der Waals surface area contributed by atoms with Gasteiger partial charge in [-0.15, -0.1) is 0 Å². The maximum absolute atomic E-state index is 10.2. The summed E-state index contributed by atoms with van der Waals surface area (Å²) in [7, 11) is 0. The van der Waals surface area contributed by atoms with Gasteiger partial charge in [-0.2, -0.15) is 0 Å². The molecule has 0 aliphatic heterocycles. The summed E-state index contributed by atoms with van der Waals surface area (Å²) in [6.07, 6.45) is 2.29. The fraction of sp³-hybridized carbons (Fsp3) is 0.857. The molecule has 0 aromatic carbocycles. The van der Waals surface area contributed by atoms with Crippen molar-refractivity contribution in [3.63, 3.8) is 0 Å².